The van der Waals surface area contributed by atoms with E-state index in [2.05, 4.69) is 25.4 Å². The van der Waals surface area contributed by atoms with Crippen molar-refractivity contribution in [3.8, 4) is 11.5 Å². The van der Waals surface area contributed by atoms with Crippen molar-refractivity contribution >= 4 is 0 Å². The second kappa shape index (κ2) is 2.45. The largest absolute Gasteiger partial charge is 0.258 e. The van der Waals surface area contributed by atoms with Gasteiger partial charge in [0.1, 0.15) is 12.0 Å². The highest BCUT2D eigenvalue weighted by Gasteiger charge is 1.99. The number of hydrogen-bond donors (Lipinski definition) is 1. The Morgan fingerprint density at radius 1 is 1.36 bits per heavy atom. The summed E-state index contributed by atoms with van der Waals surface area (Å²) in [6.07, 6.45) is 3.05. The zero-order valence-electron chi connectivity index (χ0n) is 5.60. The predicted molar refractivity (Wildman–Crippen MR) is 37.4 cm³/mol. The minimum atomic E-state index is 0.637. The van der Waals surface area contributed by atoms with Gasteiger partial charge in [0.2, 0.25) is 0 Å². The third-order valence-electron chi connectivity index (χ3n) is 1.23. The van der Waals surface area contributed by atoms with Crippen molar-refractivity contribution in [1.82, 2.24) is 25.4 Å². The summed E-state index contributed by atoms with van der Waals surface area (Å²) in [5.74, 6) is 0.637. The van der Waals surface area contributed by atoms with Crippen LogP contribution in [0.25, 0.3) is 11.5 Å². The van der Waals surface area contributed by atoms with Gasteiger partial charge >= 0.3 is 0 Å². The van der Waals surface area contributed by atoms with E-state index in [1.165, 1.54) is 6.33 Å². The van der Waals surface area contributed by atoms with Gasteiger partial charge in [-0.3, -0.25) is 5.10 Å². The Morgan fingerprint density at radius 3 is 3.00 bits per heavy atom. The van der Waals surface area contributed by atoms with Crippen LogP contribution in [-0.4, -0.2) is 25.4 Å². The van der Waals surface area contributed by atoms with E-state index in [0.29, 0.717) is 11.5 Å². The topological polar surface area (TPSA) is 67.3 Å². The normalized spacial score (nSPS) is 9.82. The third kappa shape index (κ3) is 1.07. The second-order valence-corrected chi connectivity index (χ2v) is 1.94. The first-order chi connectivity index (χ1) is 5.47. The van der Waals surface area contributed by atoms with Gasteiger partial charge in [0.05, 0.1) is 0 Å². The van der Waals surface area contributed by atoms with E-state index < -0.39 is 0 Å². The Balaban J connectivity index is 2.46. The van der Waals surface area contributed by atoms with E-state index in [9.17, 15) is 0 Å². The lowest BCUT2D eigenvalue weighted by Crippen LogP contribution is -1.86. The zero-order valence-corrected chi connectivity index (χ0v) is 5.60. The second-order valence-electron chi connectivity index (χ2n) is 1.94. The molecule has 0 aliphatic carbocycles. The summed E-state index contributed by atoms with van der Waals surface area (Å²) in [4.78, 5) is 3.92. The van der Waals surface area contributed by atoms with Gasteiger partial charge in [-0.05, 0) is 12.1 Å². The molecule has 0 saturated heterocycles. The Labute approximate surface area is 62.5 Å². The highest BCUT2D eigenvalue weighted by atomic mass is 15.2. The maximum Gasteiger partial charge on any atom is 0.176 e. The summed E-state index contributed by atoms with van der Waals surface area (Å²) >= 11 is 0. The first-order valence-electron chi connectivity index (χ1n) is 3.10. The standard InChI is InChI=1S/C6H5N5/c1-2-5(10-8-3-1)6-7-4-9-11-6/h1-4H,(H,7,9,11). The van der Waals surface area contributed by atoms with Crippen molar-refractivity contribution in [3.05, 3.63) is 24.7 Å². The van der Waals surface area contributed by atoms with Crippen LogP contribution >= 0.6 is 0 Å². The summed E-state index contributed by atoms with van der Waals surface area (Å²) in [5.41, 5.74) is 0.699. The molecule has 2 heterocycles. The SMILES string of the molecule is c1cnnc(-c2ncn[nH]2)c1. The molecule has 2 aromatic heterocycles. The van der Waals surface area contributed by atoms with Crippen LogP contribution in [0.3, 0.4) is 0 Å². The smallest absolute Gasteiger partial charge is 0.176 e. The molecular weight excluding hydrogens is 142 g/mol. The fourth-order valence-corrected chi connectivity index (χ4v) is 0.757. The van der Waals surface area contributed by atoms with Gasteiger partial charge in [-0.2, -0.15) is 10.2 Å². The average molecular weight is 147 g/mol. The molecule has 54 valence electrons. The van der Waals surface area contributed by atoms with E-state index in [1.807, 2.05) is 6.07 Å². The highest BCUT2D eigenvalue weighted by molar-refractivity contribution is 5.45. The lowest BCUT2D eigenvalue weighted by Gasteiger charge is -1.89. The van der Waals surface area contributed by atoms with E-state index in [4.69, 9.17) is 0 Å². The van der Waals surface area contributed by atoms with Gasteiger partial charge < -0.3 is 0 Å². The van der Waals surface area contributed by atoms with Crippen LogP contribution < -0.4 is 0 Å². The minimum absolute atomic E-state index is 0.637. The number of hydrogen-bond acceptors (Lipinski definition) is 4. The maximum atomic E-state index is 3.92. The summed E-state index contributed by atoms with van der Waals surface area (Å²) in [7, 11) is 0. The van der Waals surface area contributed by atoms with Crippen LogP contribution in [0.4, 0.5) is 0 Å². The molecule has 0 fully saturated rings. The molecule has 5 nitrogen and oxygen atoms in total. The predicted octanol–water partition coefficient (Wildman–Crippen LogP) is 0.262. The summed E-state index contributed by atoms with van der Waals surface area (Å²) in [6, 6.07) is 3.61. The molecule has 0 atom stereocenters. The van der Waals surface area contributed by atoms with Gasteiger partial charge in [0.25, 0.3) is 0 Å². The average Bonchev–Trinajstić information content (AvgIpc) is 2.58. The van der Waals surface area contributed by atoms with Crippen LogP contribution in [-0.2, 0) is 0 Å². The van der Waals surface area contributed by atoms with E-state index in [-0.39, 0.29) is 0 Å². The Kier molecular flexibility index (Phi) is 1.33. The van der Waals surface area contributed by atoms with Crippen LogP contribution in [0.5, 0.6) is 0 Å². The van der Waals surface area contributed by atoms with Crippen molar-refractivity contribution in [2.45, 2.75) is 0 Å². The lowest BCUT2D eigenvalue weighted by molar-refractivity contribution is 1.01. The van der Waals surface area contributed by atoms with Crippen molar-refractivity contribution in [3.63, 3.8) is 0 Å². The molecule has 1 N–H and O–H groups in total. The molecule has 0 radical (unpaired) electrons. The van der Waals surface area contributed by atoms with E-state index in [1.54, 1.807) is 12.3 Å². The van der Waals surface area contributed by atoms with E-state index in [0.717, 1.165) is 0 Å². The maximum absolute atomic E-state index is 3.92. The molecule has 2 aromatic rings. The van der Waals surface area contributed by atoms with Crippen LogP contribution in [0.2, 0.25) is 0 Å². The van der Waals surface area contributed by atoms with Crippen LogP contribution in [0, 0.1) is 0 Å². The van der Waals surface area contributed by atoms with E-state index >= 15 is 0 Å². The molecule has 0 aliphatic rings. The van der Waals surface area contributed by atoms with Gasteiger partial charge in [-0.25, -0.2) is 4.98 Å². The Bertz CT molecular complexity index is 314. The van der Waals surface area contributed by atoms with Crippen molar-refractivity contribution in [2.75, 3.05) is 0 Å². The molecule has 0 spiro atoms. The van der Waals surface area contributed by atoms with Gasteiger partial charge in [0, 0.05) is 6.20 Å². The molecule has 0 aliphatic heterocycles. The molecule has 5 heteroatoms. The quantitative estimate of drug-likeness (QED) is 0.628. The summed E-state index contributed by atoms with van der Waals surface area (Å²) in [5, 5.41) is 13.9. The molecule has 0 aromatic carbocycles. The first-order valence-corrected chi connectivity index (χ1v) is 3.10. The third-order valence-corrected chi connectivity index (χ3v) is 1.23. The number of aromatic amines is 1. The lowest BCUT2D eigenvalue weighted by atomic mass is 10.4. The van der Waals surface area contributed by atoms with Crippen molar-refractivity contribution in [1.29, 1.82) is 0 Å². The van der Waals surface area contributed by atoms with Crippen molar-refractivity contribution < 1.29 is 0 Å². The van der Waals surface area contributed by atoms with Crippen LogP contribution in [0.15, 0.2) is 24.7 Å². The summed E-state index contributed by atoms with van der Waals surface area (Å²) < 4.78 is 0. The molecular formula is C6H5N5. The number of nitrogens with one attached hydrogen (secondary N) is 1. The molecule has 11 heavy (non-hydrogen) atoms. The highest BCUT2D eigenvalue weighted by Crippen LogP contribution is 2.05. The van der Waals surface area contributed by atoms with Gasteiger partial charge in [0.15, 0.2) is 5.82 Å². The summed E-state index contributed by atoms with van der Waals surface area (Å²) in [6.45, 7) is 0. The minimum Gasteiger partial charge on any atom is -0.258 e. The Hall–Kier alpha value is -1.78. The monoisotopic (exact) mass is 147 g/mol. The van der Waals surface area contributed by atoms with Crippen molar-refractivity contribution in [2.24, 2.45) is 0 Å². The zero-order chi connectivity index (χ0) is 7.52. The first kappa shape index (κ1) is 5.96. The van der Waals surface area contributed by atoms with Gasteiger partial charge in [-0.15, -0.1) is 5.10 Å². The number of H-pyrrole nitrogens is 1. The number of aromatic nitrogens is 5. The number of nitrogens with zero attached hydrogens (tertiary/aromatic N) is 4. The molecule has 0 saturated carbocycles. The fraction of sp³-hybridized carbons (Fsp3) is 0. The molecule has 0 unspecified atom stereocenters. The molecule has 0 amide bonds. The number of rotatable bonds is 1. The van der Waals surface area contributed by atoms with Gasteiger partial charge in [-0.1, -0.05) is 0 Å². The Morgan fingerprint density at radius 2 is 2.36 bits per heavy atom. The van der Waals surface area contributed by atoms with Crippen LogP contribution in [0.1, 0.15) is 0 Å². The molecule has 2 rings (SSSR count). The fourth-order valence-electron chi connectivity index (χ4n) is 0.757. The molecule has 0 bridgehead atoms.